The van der Waals surface area contributed by atoms with Gasteiger partial charge in [-0.25, -0.2) is 4.79 Å². The Balaban J connectivity index is 2.43. The summed E-state index contributed by atoms with van der Waals surface area (Å²) < 4.78 is 12.8. The summed E-state index contributed by atoms with van der Waals surface area (Å²) in [6, 6.07) is 6.80. The van der Waals surface area contributed by atoms with Crippen LogP contribution in [-0.4, -0.2) is 24.8 Å². The van der Waals surface area contributed by atoms with Crippen LogP contribution in [0.4, 0.5) is 10.5 Å². The zero-order valence-electron chi connectivity index (χ0n) is 12.0. The average molecular weight is 430 g/mol. The summed E-state index contributed by atoms with van der Waals surface area (Å²) >= 11 is 6.64. The quantitative estimate of drug-likeness (QED) is 0.767. The van der Waals surface area contributed by atoms with E-state index >= 15 is 0 Å². The number of aromatic nitrogens is 1. The highest BCUT2D eigenvalue weighted by Crippen LogP contribution is 2.35. The molecule has 0 fully saturated rings. The number of hydrogen-bond donors (Lipinski definition) is 1. The number of carbonyl (C=O) groups is 1. The van der Waals surface area contributed by atoms with E-state index in [2.05, 4.69) is 37.2 Å². The van der Waals surface area contributed by atoms with Gasteiger partial charge in [0, 0.05) is 24.0 Å². The number of carbonyl (C=O) groups excluding carboxylic acids is 1. The van der Waals surface area contributed by atoms with Crippen molar-refractivity contribution in [2.45, 2.75) is 0 Å². The summed E-state index contributed by atoms with van der Waals surface area (Å²) in [5, 5.41) is 2.85. The maximum atomic E-state index is 12.2. The van der Waals surface area contributed by atoms with Crippen LogP contribution in [0.2, 0.25) is 0 Å². The van der Waals surface area contributed by atoms with Crippen LogP contribution in [0.1, 0.15) is 5.56 Å². The van der Waals surface area contributed by atoms with Gasteiger partial charge in [0.15, 0.2) is 11.5 Å². The molecule has 5 nitrogen and oxygen atoms in total. The maximum absolute atomic E-state index is 12.2. The van der Waals surface area contributed by atoms with Gasteiger partial charge < -0.3 is 14.8 Å². The molecule has 1 aromatic carbocycles. The number of amides is 1. The van der Waals surface area contributed by atoms with Crippen LogP contribution in [0.25, 0.3) is 6.08 Å². The van der Waals surface area contributed by atoms with Gasteiger partial charge in [-0.05, 0) is 56.1 Å². The lowest BCUT2D eigenvalue weighted by molar-refractivity contribution is 0.253. The van der Waals surface area contributed by atoms with E-state index in [4.69, 9.17) is 9.47 Å². The molecule has 116 valence electrons. The lowest BCUT2D eigenvalue weighted by Gasteiger charge is -2.14. The fourth-order valence-corrected chi connectivity index (χ4v) is 2.38. The minimum absolute atomic E-state index is 0.266. The number of nitrogens with one attached hydrogen (secondary N) is 1. The van der Waals surface area contributed by atoms with Crippen molar-refractivity contribution < 1.29 is 14.3 Å². The molecule has 22 heavy (non-hydrogen) atoms. The van der Waals surface area contributed by atoms with Gasteiger partial charge in [-0.15, -0.1) is 0 Å². The second-order valence-electron chi connectivity index (χ2n) is 4.25. The minimum atomic E-state index is -0.266. The lowest BCUT2D eigenvalue weighted by atomic mass is 10.1. The summed E-state index contributed by atoms with van der Waals surface area (Å²) in [6.45, 7) is 0. The zero-order chi connectivity index (χ0) is 16.1. The maximum Gasteiger partial charge on any atom is 0.329 e. The fraction of sp³-hybridized carbons (Fsp3) is 0.133. The van der Waals surface area contributed by atoms with Crippen LogP contribution < -0.4 is 14.8 Å². The first kappa shape index (κ1) is 16.6. The molecule has 7 heteroatoms. The molecule has 1 amide bonds. The third-order valence-corrected chi connectivity index (χ3v) is 3.36. The monoisotopic (exact) mass is 428 g/mol. The number of hydrogen-bond acceptors (Lipinski definition) is 3. The van der Waals surface area contributed by atoms with Crippen LogP contribution in [0.3, 0.4) is 0 Å². The van der Waals surface area contributed by atoms with E-state index in [1.807, 2.05) is 6.08 Å². The molecule has 0 radical (unpaired) electrons. The Morgan fingerprint density at radius 1 is 1.14 bits per heavy atom. The first-order chi connectivity index (χ1) is 10.5. The Kier molecular flexibility index (Phi) is 5.68. The first-order valence-electron chi connectivity index (χ1n) is 6.28. The van der Waals surface area contributed by atoms with Crippen molar-refractivity contribution in [1.29, 1.82) is 0 Å². The molecule has 0 aliphatic rings. The summed E-state index contributed by atoms with van der Waals surface area (Å²) in [7, 11) is 3.11. The molecular formula is C15H14Br2N2O3. The highest BCUT2D eigenvalue weighted by atomic mass is 79.9. The Morgan fingerprint density at radius 2 is 1.73 bits per heavy atom. The van der Waals surface area contributed by atoms with Crippen molar-refractivity contribution >= 4 is 49.7 Å². The highest BCUT2D eigenvalue weighted by molar-refractivity contribution is 9.28. The Hall–Kier alpha value is -1.73. The minimum Gasteiger partial charge on any atom is -0.493 e. The molecule has 1 N–H and O–H groups in total. The predicted octanol–water partition coefficient (Wildman–Crippen LogP) is 4.67. The average Bonchev–Trinajstić information content (AvgIpc) is 3.02. The largest absolute Gasteiger partial charge is 0.493 e. The third-order valence-electron chi connectivity index (χ3n) is 2.90. The Morgan fingerprint density at radius 3 is 2.27 bits per heavy atom. The van der Waals surface area contributed by atoms with Gasteiger partial charge in [0.2, 0.25) is 0 Å². The second kappa shape index (κ2) is 7.51. The van der Waals surface area contributed by atoms with Gasteiger partial charge in [0.1, 0.15) is 0 Å². The molecule has 0 unspecified atom stereocenters. The number of anilines is 1. The van der Waals surface area contributed by atoms with Crippen LogP contribution in [-0.2, 0) is 0 Å². The van der Waals surface area contributed by atoms with Crippen LogP contribution in [0, 0.1) is 0 Å². The third kappa shape index (κ3) is 3.92. The van der Waals surface area contributed by atoms with Gasteiger partial charge in [0.25, 0.3) is 0 Å². The van der Waals surface area contributed by atoms with E-state index in [1.54, 1.807) is 50.9 Å². The molecular weight excluding hydrogens is 416 g/mol. The van der Waals surface area contributed by atoms with Gasteiger partial charge in [-0.3, -0.25) is 4.57 Å². The number of methoxy groups -OCH3 is 2. The number of nitrogens with zero attached hydrogens (tertiary/aromatic N) is 1. The molecule has 0 saturated carbocycles. The predicted molar refractivity (Wildman–Crippen MR) is 94.2 cm³/mol. The van der Waals surface area contributed by atoms with Crippen LogP contribution in [0.15, 0.2) is 40.1 Å². The summed E-state index contributed by atoms with van der Waals surface area (Å²) in [4.78, 5) is 12.2. The van der Waals surface area contributed by atoms with E-state index in [0.717, 1.165) is 8.96 Å². The van der Waals surface area contributed by atoms with Crippen molar-refractivity contribution in [3.05, 3.63) is 45.6 Å². The van der Waals surface area contributed by atoms with Gasteiger partial charge >= 0.3 is 6.03 Å². The molecule has 1 heterocycles. The van der Waals surface area contributed by atoms with Crippen molar-refractivity contribution in [3.63, 3.8) is 0 Å². The normalized spacial score (nSPS) is 10.0. The van der Waals surface area contributed by atoms with E-state index in [-0.39, 0.29) is 6.03 Å². The molecule has 2 aromatic rings. The summed E-state index contributed by atoms with van der Waals surface area (Å²) in [6.07, 6.45) is 5.16. The highest BCUT2D eigenvalue weighted by Gasteiger charge is 2.13. The van der Waals surface area contributed by atoms with Crippen LogP contribution >= 0.6 is 31.9 Å². The van der Waals surface area contributed by atoms with Crippen LogP contribution in [0.5, 0.6) is 11.5 Å². The van der Waals surface area contributed by atoms with E-state index < -0.39 is 0 Å². The van der Waals surface area contributed by atoms with Crippen molar-refractivity contribution in [2.24, 2.45) is 0 Å². The molecule has 2 rings (SSSR count). The first-order valence-corrected chi connectivity index (χ1v) is 7.86. The lowest BCUT2D eigenvalue weighted by Crippen LogP contribution is -2.18. The van der Waals surface area contributed by atoms with Crippen molar-refractivity contribution in [1.82, 2.24) is 4.57 Å². The van der Waals surface area contributed by atoms with Crippen molar-refractivity contribution in [3.8, 4) is 11.5 Å². The zero-order valence-corrected chi connectivity index (χ0v) is 15.1. The molecule has 1 aromatic heterocycles. The summed E-state index contributed by atoms with van der Waals surface area (Å²) in [5.74, 6) is 1.11. The smallest absolute Gasteiger partial charge is 0.329 e. The topological polar surface area (TPSA) is 52.5 Å². The molecule has 0 aliphatic heterocycles. The Bertz CT molecular complexity index is 693. The van der Waals surface area contributed by atoms with Crippen molar-refractivity contribution in [2.75, 3.05) is 19.5 Å². The van der Waals surface area contributed by atoms with E-state index in [9.17, 15) is 4.79 Å². The van der Waals surface area contributed by atoms with E-state index in [1.165, 1.54) is 4.57 Å². The van der Waals surface area contributed by atoms with Gasteiger partial charge in [-0.1, -0.05) is 0 Å². The number of halogens is 2. The summed E-state index contributed by atoms with van der Waals surface area (Å²) in [5.41, 5.74) is 1.37. The fourth-order valence-electron chi connectivity index (χ4n) is 1.89. The molecule has 0 bridgehead atoms. The van der Waals surface area contributed by atoms with Gasteiger partial charge in [0.05, 0.1) is 23.3 Å². The van der Waals surface area contributed by atoms with Gasteiger partial charge in [-0.2, -0.15) is 0 Å². The molecule has 0 aliphatic carbocycles. The molecule has 0 saturated heterocycles. The number of ether oxygens (including phenoxy) is 2. The standard InChI is InChI=1S/C15H14Br2N2O3/c1-21-12-7-10(8-14(16)17)11(9-13(12)22-2)18-15(20)19-5-3-4-6-19/h3-9H,1-2H3,(H,18,20). The Labute approximate surface area is 145 Å². The molecule has 0 atom stereocenters. The van der Waals surface area contributed by atoms with E-state index in [0.29, 0.717) is 17.2 Å². The second-order valence-corrected chi connectivity index (χ2v) is 7.02. The number of rotatable bonds is 4. The molecule has 0 spiro atoms. The number of benzene rings is 1. The SMILES string of the molecule is COc1cc(C=C(Br)Br)c(NC(=O)n2cccc2)cc1OC.